The lowest BCUT2D eigenvalue weighted by atomic mass is 10.0. The molecule has 1 fully saturated rings. The molecule has 0 N–H and O–H groups in total. The van der Waals surface area contributed by atoms with E-state index in [1.54, 1.807) is 0 Å². The number of halogens is 1. The number of amides is 1. The van der Waals surface area contributed by atoms with Gasteiger partial charge in [0.25, 0.3) is 5.91 Å². The highest BCUT2D eigenvalue weighted by molar-refractivity contribution is 6.17. The van der Waals surface area contributed by atoms with Crippen molar-refractivity contribution in [3.05, 3.63) is 54.1 Å². The molecular weight excluding hydrogens is 346 g/mol. The van der Waals surface area contributed by atoms with Gasteiger partial charge in [-0.15, -0.1) is 11.6 Å². The van der Waals surface area contributed by atoms with Gasteiger partial charge in [-0.3, -0.25) is 4.79 Å². The van der Waals surface area contributed by atoms with Crippen LogP contribution < -0.4 is 4.74 Å². The first-order valence-electron chi connectivity index (χ1n) is 9.32. The Balaban J connectivity index is 1.68. The van der Waals surface area contributed by atoms with Crippen LogP contribution >= 0.6 is 11.6 Å². The molecule has 3 rings (SSSR count). The maximum atomic E-state index is 12.8. The minimum Gasteiger partial charge on any atom is -0.494 e. The van der Waals surface area contributed by atoms with E-state index in [2.05, 4.69) is 13.8 Å². The highest BCUT2D eigenvalue weighted by atomic mass is 35.5. The number of alkyl halides is 1. The molecule has 2 atom stereocenters. The molecule has 2 aromatic carbocycles. The lowest BCUT2D eigenvalue weighted by Crippen LogP contribution is -2.38. The van der Waals surface area contributed by atoms with Crippen molar-refractivity contribution in [3.63, 3.8) is 0 Å². The number of hydrogen-bond acceptors (Lipinski definition) is 2. The van der Waals surface area contributed by atoms with Crippen LogP contribution in [0.2, 0.25) is 0 Å². The second-order valence-electron chi connectivity index (χ2n) is 6.98. The van der Waals surface area contributed by atoms with Crippen molar-refractivity contribution < 1.29 is 9.53 Å². The van der Waals surface area contributed by atoms with E-state index in [1.807, 2.05) is 53.4 Å². The molecule has 26 heavy (non-hydrogen) atoms. The third-order valence-corrected chi connectivity index (χ3v) is 5.32. The van der Waals surface area contributed by atoms with Gasteiger partial charge in [-0.25, -0.2) is 0 Å². The molecule has 1 amide bonds. The van der Waals surface area contributed by atoms with E-state index in [-0.39, 0.29) is 5.91 Å². The van der Waals surface area contributed by atoms with E-state index in [0.717, 1.165) is 41.7 Å². The van der Waals surface area contributed by atoms with Crippen LogP contribution in [0, 0.1) is 0 Å². The van der Waals surface area contributed by atoms with E-state index in [9.17, 15) is 4.79 Å². The van der Waals surface area contributed by atoms with Gasteiger partial charge in [-0.05, 0) is 68.5 Å². The number of carbonyl (C=O) groups excluding carboxylic acids is 1. The van der Waals surface area contributed by atoms with E-state index < -0.39 is 0 Å². The first-order valence-corrected chi connectivity index (χ1v) is 9.85. The van der Waals surface area contributed by atoms with Gasteiger partial charge in [0.15, 0.2) is 0 Å². The SMILES string of the molecule is C[C@@H]1CC[C@@H](C)N1C(=O)c1ccc(-c2ccc(OCCCCl)cc2)cc1. The molecule has 0 bridgehead atoms. The standard InChI is InChI=1S/C22H26ClNO2/c1-16-4-5-17(2)24(16)22(25)20-8-6-18(7-9-20)19-10-12-21(13-11-19)26-15-3-14-23/h6-13,16-17H,3-5,14-15H2,1-2H3/t16-,17-/m1/s1. The molecule has 2 aromatic rings. The van der Waals surface area contributed by atoms with Gasteiger partial charge >= 0.3 is 0 Å². The van der Waals surface area contributed by atoms with Crippen LogP contribution in [0.3, 0.4) is 0 Å². The quantitative estimate of drug-likeness (QED) is 0.504. The number of rotatable bonds is 6. The first-order chi connectivity index (χ1) is 12.6. The summed E-state index contributed by atoms with van der Waals surface area (Å²) >= 11 is 5.66. The monoisotopic (exact) mass is 371 g/mol. The summed E-state index contributed by atoms with van der Waals surface area (Å²) in [5.41, 5.74) is 2.96. The van der Waals surface area contributed by atoms with Crippen molar-refractivity contribution in [1.29, 1.82) is 0 Å². The van der Waals surface area contributed by atoms with Crippen LogP contribution in [-0.2, 0) is 0 Å². The van der Waals surface area contributed by atoms with Gasteiger partial charge in [-0.2, -0.15) is 0 Å². The molecule has 1 aliphatic heterocycles. The minimum absolute atomic E-state index is 0.136. The average molecular weight is 372 g/mol. The third kappa shape index (κ3) is 4.21. The Morgan fingerprint density at radius 3 is 2.08 bits per heavy atom. The zero-order valence-corrected chi connectivity index (χ0v) is 16.2. The number of likely N-dealkylation sites (tertiary alicyclic amines) is 1. The molecule has 0 radical (unpaired) electrons. The van der Waals surface area contributed by atoms with Gasteiger partial charge < -0.3 is 9.64 Å². The zero-order chi connectivity index (χ0) is 18.5. The Hall–Kier alpha value is -2.00. The Kier molecular flexibility index (Phi) is 6.20. The highest BCUT2D eigenvalue weighted by Crippen LogP contribution is 2.27. The van der Waals surface area contributed by atoms with Crippen LogP contribution in [0.15, 0.2) is 48.5 Å². The first kappa shape index (κ1) is 18.8. The maximum Gasteiger partial charge on any atom is 0.254 e. The molecule has 1 aliphatic rings. The number of carbonyl (C=O) groups is 1. The van der Waals surface area contributed by atoms with E-state index in [1.165, 1.54) is 0 Å². The lowest BCUT2D eigenvalue weighted by Gasteiger charge is -2.26. The van der Waals surface area contributed by atoms with Crippen LogP contribution in [0.25, 0.3) is 11.1 Å². The molecule has 0 spiro atoms. The summed E-state index contributed by atoms with van der Waals surface area (Å²) in [5, 5.41) is 0. The van der Waals surface area contributed by atoms with Crippen molar-refractivity contribution in [2.45, 2.75) is 45.2 Å². The molecule has 0 aliphatic carbocycles. The predicted molar refractivity (Wildman–Crippen MR) is 107 cm³/mol. The zero-order valence-electron chi connectivity index (χ0n) is 15.5. The van der Waals surface area contributed by atoms with Gasteiger partial charge in [0, 0.05) is 23.5 Å². The van der Waals surface area contributed by atoms with Crippen LogP contribution in [0.4, 0.5) is 0 Å². The van der Waals surface area contributed by atoms with Crippen molar-refractivity contribution in [3.8, 4) is 16.9 Å². The largest absolute Gasteiger partial charge is 0.494 e. The molecule has 138 valence electrons. The number of hydrogen-bond donors (Lipinski definition) is 0. The van der Waals surface area contributed by atoms with E-state index in [4.69, 9.17) is 16.3 Å². The van der Waals surface area contributed by atoms with Crippen LogP contribution in [0.5, 0.6) is 5.75 Å². The molecular formula is C22H26ClNO2. The average Bonchev–Trinajstić information content (AvgIpc) is 3.00. The summed E-state index contributed by atoms with van der Waals surface area (Å²) in [7, 11) is 0. The van der Waals surface area contributed by atoms with Gasteiger partial charge in [0.2, 0.25) is 0 Å². The van der Waals surface area contributed by atoms with Crippen molar-refractivity contribution in [2.24, 2.45) is 0 Å². The highest BCUT2D eigenvalue weighted by Gasteiger charge is 2.31. The third-order valence-electron chi connectivity index (χ3n) is 5.05. The summed E-state index contributed by atoms with van der Waals surface area (Å²) in [6, 6.07) is 16.6. The molecule has 1 saturated heterocycles. The smallest absolute Gasteiger partial charge is 0.254 e. The minimum atomic E-state index is 0.136. The summed E-state index contributed by atoms with van der Waals surface area (Å²) in [5.74, 6) is 1.60. The Labute approximate surface area is 160 Å². The normalized spacial score (nSPS) is 19.6. The molecule has 1 heterocycles. The molecule has 0 saturated carbocycles. The number of ether oxygens (including phenoxy) is 1. The maximum absolute atomic E-state index is 12.8. The molecule has 0 aromatic heterocycles. The fourth-order valence-corrected chi connectivity index (χ4v) is 3.65. The summed E-state index contributed by atoms with van der Waals surface area (Å²) in [4.78, 5) is 14.8. The Morgan fingerprint density at radius 2 is 1.54 bits per heavy atom. The Bertz CT molecular complexity index is 717. The molecule has 0 unspecified atom stereocenters. The topological polar surface area (TPSA) is 29.5 Å². The Morgan fingerprint density at radius 1 is 1.00 bits per heavy atom. The van der Waals surface area contributed by atoms with Gasteiger partial charge in [0.1, 0.15) is 5.75 Å². The fraction of sp³-hybridized carbons (Fsp3) is 0.409. The summed E-state index contributed by atoms with van der Waals surface area (Å²) in [6.07, 6.45) is 3.02. The fourth-order valence-electron chi connectivity index (χ4n) is 3.54. The van der Waals surface area contributed by atoms with E-state index in [0.29, 0.717) is 24.6 Å². The second kappa shape index (κ2) is 8.59. The molecule has 3 nitrogen and oxygen atoms in total. The summed E-state index contributed by atoms with van der Waals surface area (Å²) in [6.45, 7) is 4.89. The lowest BCUT2D eigenvalue weighted by molar-refractivity contribution is 0.0693. The van der Waals surface area contributed by atoms with Gasteiger partial charge in [0.05, 0.1) is 6.61 Å². The van der Waals surface area contributed by atoms with Crippen molar-refractivity contribution >= 4 is 17.5 Å². The summed E-state index contributed by atoms with van der Waals surface area (Å²) < 4.78 is 5.63. The van der Waals surface area contributed by atoms with Crippen LogP contribution in [-0.4, -0.2) is 35.4 Å². The van der Waals surface area contributed by atoms with Crippen LogP contribution in [0.1, 0.15) is 43.5 Å². The van der Waals surface area contributed by atoms with E-state index >= 15 is 0 Å². The number of benzene rings is 2. The predicted octanol–water partition coefficient (Wildman–Crippen LogP) is 5.37. The van der Waals surface area contributed by atoms with Crippen molar-refractivity contribution in [1.82, 2.24) is 4.90 Å². The number of nitrogens with zero attached hydrogens (tertiary/aromatic N) is 1. The molecule has 4 heteroatoms. The van der Waals surface area contributed by atoms with Gasteiger partial charge in [-0.1, -0.05) is 24.3 Å². The van der Waals surface area contributed by atoms with Crippen molar-refractivity contribution in [2.75, 3.05) is 12.5 Å². The second-order valence-corrected chi connectivity index (χ2v) is 7.36.